The second-order valence-corrected chi connectivity index (χ2v) is 14.8. The molecule has 3 rings (SSSR count). The average Bonchev–Trinajstić information content (AvgIpc) is 3.26. The molecule has 0 unspecified atom stereocenters. The third kappa shape index (κ3) is 15.3. The third-order valence-corrected chi connectivity index (χ3v) is 9.53. The lowest BCUT2D eigenvalue weighted by Crippen LogP contribution is -2.45. The number of methoxy groups -OCH3 is 2. The first-order chi connectivity index (χ1) is 29.5. The number of unbranched alkanes of at least 4 members (excludes halogenated alkanes) is 4. The van der Waals surface area contributed by atoms with Crippen molar-refractivity contribution in [2.24, 2.45) is 5.41 Å². The number of rotatable bonds is 23. The van der Waals surface area contributed by atoms with E-state index in [1.807, 2.05) is 24.3 Å². The standard InChI is InChI=1S/C47H54F2O13/c1-8-9-10-11-12-14-32-16-18-33(19-17-32)36-24-37(48)40(38(49)25-36)35-20-21-39(34(23-35)15-13-22-58-41(50)30(2)3)59-26-47(27-60-42(51)31(4)5,28-61-45(54)43(52)56-6)29-62-46(55)44(53)57-7/h16-21,23-25H,2,4,8-15,22,26-29H2,1,3,5-7H3. The van der Waals surface area contributed by atoms with Crippen molar-refractivity contribution in [3.8, 4) is 28.0 Å². The number of carbonyl (C=O) groups is 6. The Balaban J connectivity index is 2.02. The number of hydrogen-bond donors (Lipinski definition) is 0. The number of benzene rings is 3. The molecule has 0 fully saturated rings. The van der Waals surface area contributed by atoms with Gasteiger partial charge in [-0.15, -0.1) is 0 Å². The molecule has 0 aliphatic heterocycles. The second kappa shape index (κ2) is 24.8. The number of hydrogen-bond acceptors (Lipinski definition) is 13. The van der Waals surface area contributed by atoms with E-state index in [0.29, 0.717) is 16.7 Å². The molecule has 3 aromatic rings. The Morgan fingerprint density at radius 1 is 0.565 bits per heavy atom. The van der Waals surface area contributed by atoms with Crippen LogP contribution >= 0.6 is 0 Å². The summed E-state index contributed by atoms with van der Waals surface area (Å²) >= 11 is 0. The highest BCUT2D eigenvalue weighted by Gasteiger charge is 2.39. The molecule has 334 valence electrons. The quantitative estimate of drug-likeness (QED) is 0.0298. The zero-order valence-electron chi connectivity index (χ0n) is 35.9. The molecule has 3 aromatic carbocycles. The summed E-state index contributed by atoms with van der Waals surface area (Å²) in [4.78, 5) is 73.1. The Kier molecular flexibility index (Phi) is 20.0. The van der Waals surface area contributed by atoms with Gasteiger partial charge in [-0.3, -0.25) is 0 Å². The van der Waals surface area contributed by atoms with Crippen molar-refractivity contribution < 1.29 is 70.7 Å². The maximum Gasteiger partial charge on any atom is 0.417 e. The van der Waals surface area contributed by atoms with Crippen molar-refractivity contribution in [2.75, 3.05) is 47.3 Å². The van der Waals surface area contributed by atoms with Gasteiger partial charge in [0.25, 0.3) is 0 Å². The molecule has 0 saturated heterocycles. The van der Waals surface area contributed by atoms with Crippen LogP contribution in [0.1, 0.15) is 70.4 Å². The Morgan fingerprint density at radius 2 is 1.08 bits per heavy atom. The van der Waals surface area contributed by atoms with Crippen molar-refractivity contribution in [3.05, 3.63) is 102 Å². The van der Waals surface area contributed by atoms with Crippen molar-refractivity contribution in [1.82, 2.24) is 0 Å². The van der Waals surface area contributed by atoms with E-state index in [0.717, 1.165) is 39.0 Å². The molecule has 0 saturated carbocycles. The van der Waals surface area contributed by atoms with Crippen LogP contribution in [0.3, 0.4) is 0 Å². The number of carbonyl (C=O) groups excluding carboxylic acids is 6. The van der Waals surface area contributed by atoms with Crippen LogP contribution in [0.15, 0.2) is 78.9 Å². The molecular formula is C47H54F2O13. The zero-order chi connectivity index (χ0) is 45.8. The summed E-state index contributed by atoms with van der Waals surface area (Å²) in [6.45, 7) is 9.24. The van der Waals surface area contributed by atoms with Gasteiger partial charge in [-0.1, -0.05) is 76.1 Å². The van der Waals surface area contributed by atoms with E-state index in [2.05, 4.69) is 29.6 Å². The molecular weight excluding hydrogens is 811 g/mol. The maximum absolute atomic E-state index is 16.0. The van der Waals surface area contributed by atoms with Gasteiger partial charge in [0, 0.05) is 11.1 Å². The molecule has 0 aliphatic carbocycles. The number of esters is 6. The lowest BCUT2D eigenvalue weighted by atomic mass is 9.91. The fourth-order valence-corrected chi connectivity index (χ4v) is 5.98. The highest BCUT2D eigenvalue weighted by atomic mass is 19.1. The molecule has 0 amide bonds. The predicted molar refractivity (Wildman–Crippen MR) is 223 cm³/mol. The number of ether oxygens (including phenoxy) is 7. The minimum atomic E-state index is -1.80. The van der Waals surface area contributed by atoms with E-state index < -0.39 is 79.3 Å². The van der Waals surface area contributed by atoms with Gasteiger partial charge >= 0.3 is 35.8 Å². The molecule has 13 nitrogen and oxygen atoms in total. The summed E-state index contributed by atoms with van der Waals surface area (Å²) < 4.78 is 67.8. The number of halogens is 2. The third-order valence-electron chi connectivity index (χ3n) is 9.53. The van der Waals surface area contributed by atoms with Crippen LogP contribution in [0.4, 0.5) is 8.78 Å². The minimum Gasteiger partial charge on any atom is -0.492 e. The zero-order valence-corrected chi connectivity index (χ0v) is 35.9. The van der Waals surface area contributed by atoms with Crippen LogP contribution in [-0.4, -0.2) is 83.1 Å². The number of aryl methyl sites for hydroxylation is 2. The van der Waals surface area contributed by atoms with Gasteiger partial charge < -0.3 is 33.2 Å². The van der Waals surface area contributed by atoms with Crippen molar-refractivity contribution in [1.29, 1.82) is 0 Å². The van der Waals surface area contributed by atoms with E-state index >= 15 is 8.78 Å². The summed E-state index contributed by atoms with van der Waals surface area (Å²) in [6.07, 6.45) is 7.03. The van der Waals surface area contributed by atoms with Gasteiger partial charge in [0.05, 0.1) is 26.4 Å². The van der Waals surface area contributed by atoms with Crippen molar-refractivity contribution >= 4 is 35.8 Å². The van der Waals surface area contributed by atoms with Gasteiger partial charge in [0.2, 0.25) is 0 Å². The first-order valence-electron chi connectivity index (χ1n) is 20.0. The van der Waals surface area contributed by atoms with Crippen LogP contribution in [-0.2, 0) is 70.0 Å². The molecule has 0 aliphatic rings. The summed E-state index contributed by atoms with van der Waals surface area (Å²) in [5.74, 6) is -8.68. The van der Waals surface area contributed by atoms with Gasteiger partial charge in [-0.25, -0.2) is 37.5 Å². The molecule has 0 aromatic heterocycles. The highest BCUT2D eigenvalue weighted by molar-refractivity contribution is 6.30. The van der Waals surface area contributed by atoms with Gasteiger partial charge in [0.15, 0.2) is 0 Å². The van der Waals surface area contributed by atoms with Crippen LogP contribution < -0.4 is 4.74 Å². The largest absolute Gasteiger partial charge is 0.492 e. The molecule has 0 radical (unpaired) electrons. The molecule has 0 N–H and O–H groups in total. The highest BCUT2D eigenvalue weighted by Crippen LogP contribution is 2.35. The fraction of sp³-hybridized carbons (Fsp3) is 0.404. The van der Waals surface area contributed by atoms with Crippen molar-refractivity contribution in [3.63, 3.8) is 0 Å². The summed E-state index contributed by atoms with van der Waals surface area (Å²) in [5, 5.41) is 0. The molecule has 0 atom stereocenters. The Hall–Kier alpha value is -6.38. The monoisotopic (exact) mass is 864 g/mol. The Morgan fingerprint density at radius 3 is 1.61 bits per heavy atom. The van der Waals surface area contributed by atoms with Crippen LogP contribution in [0.25, 0.3) is 22.3 Å². The van der Waals surface area contributed by atoms with E-state index in [4.69, 9.17) is 23.7 Å². The smallest absolute Gasteiger partial charge is 0.417 e. The molecule has 0 spiro atoms. The van der Waals surface area contributed by atoms with E-state index in [1.54, 1.807) is 0 Å². The molecule has 62 heavy (non-hydrogen) atoms. The Bertz CT molecular complexity index is 2040. The molecule has 0 bridgehead atoms. The Labute approximate surface area is 360 Å². The fourth-order valence-electron chi connectivity index (χ4n) is 5.98. The maximum atomic E-state index is 16.0. The van der Waals surface area contributed by atoms with E-state index in [9.17, 15) is 28.8 Å². The second-order valence-electron chi connectivity index (χ2n) is 14.8. The molecule has 15 heteroatoms. The predicted octanol–water partition coefficient (Wildman–Crippen LogP) is 7.78. The van der Waals surface area contributed by atoms with Crippen LogP contribution in [0.2, 0.25) is 0 Å². The lowest BCUT2D eigenvalue weighted by molar-refractivity contribution is -0.177. The lowest BCUT2D eigenvalue weighted by Gasteiger charge is -2.32. The van der Waals surface area contributed by atoms with E-state index in [1.165, 1.54) is 63.4 Å². The van der Waals surface area contributed by atoms with E-state index in [-0.39, 0.29) is 47.5 Å². The molecule has 0 heterocycles. The SMILES string of the molecule is C=C(C)C(=O)OCCCc1cc(-c2c(F)cc(-c3ccc(CCCCCCC)cc3)cc2F)ccc1OCC(COC(=O)C(=C)C)(COC(=O)C(=O)OC)COC(=O)C(=O)OC. The topological polar surface area (TPSA) is 167 Å². The van der Waals surface area contributed by atoms with Gasteiger partial charge in [-0.2, -0.15) is 0 Å². The summed E-state index contributed by atoms with van der Waals surface area (Å²) in [7, 11) is 1.89. The van der Waals surface area contributed by atoms with Crippen LogP contribution in [0.5, 0.6) is 5.75 Å². The summed E-state index contributed by atoms with van der Waals surface area (Å²) in [5.41, 5.74) is 0.699. The minimum absolute atomic E-state index is 0.0166. The van der Waals surface area contributed by atoms with Crippen molar-refractivity contribution in [2.45, 2.75) is 72.1 Å². The van der Waals surface area contributed by atoms with Gasteiger partial charge in [0.1, 0.15) is 49.2 Å². The first-order valence-corrected chi connectivity index (χ1v) is 20.0. The normalized spacial score (nSPS) is 10.9. The first kappa shape index (κ1) is 50.0. The van der Waals surface area contributed by atoms with Gasteiger partial charge in [-0.05, 0) is 91.6 Å². The average molecular weight is 865 g/mol. The summed E-state index contributed by atoms with van der Waals surface area (Å²) in [6, 6.07) is 14.4. The van der Waals surface area contributed by atoms with Crippen LogP contribution in [0, 0.1) is 17.0 Å².